The van der Waals surface area contributed by atoms with Crippen LogP contribution in [0.4, 0.5) is 8.78 Å². The fraction of sp³-hybridized carbons (Fsp3) is 0.364. The van der Waals surface area contributed by atoms with Crippen LogP contribution in [0.2, 0.25) is 5.02 Å². The lowest BCUT2D eigenvalue weighted by Gasteiger charge is -2.20. The summed E-state index contributed by atoms with van der Waals surface area (Å²) in [7, 11) is 0. The van der Waals surface area contributed by atoms with E-state index in [0.29, 0.717) is 10.6 Å². The highest BCUT2D eigenvalue weighted by molar-refractivity contribution is 6.30. The third kappa shape index (κ3) is 2.83. The molecule has 0 aromatic heterocycles. The number of nitriles is 1. The van der Waals surface area contributed by atoms with Crippen molar-refractivity contribution in [1.29, 1.82) is 5.26 Å². The molecule has 86 valence electrons. The molecule has 0 radical (unpaired) electrons. The van der Waals surface area contributed by atoms with Gasteiger partial charge in [0.15, 0.2) is 0 Å². The van der Waals surface area contributed by atoms with Gasteiger partial charge in [-0.1, -0.05) is 11.6 Å². The molecule has 0 bridgehead atoms. The predicted octanol–water partition coefficient (Wildman–Crippen LogP) is 3.74. The lowest BCUT2D eigenvalue weighted by atomic mass is 9.86. The van der Waals surface area contributed by atoms with Crippen molar-refractivity contribution in [2.45, 2.75) is 25.9 Å². The first kappa shape index (κ1) is 12.7. The average Bonchev–Trinajstić information content (AvgIpc) is 2.20. The minimum Gasteiger partial charge on any atom is -0.434 e. The van der Waals surface area contributed by atoms with Crippen LogP contribution < -0.4 is 4.74 Å². The molecular formula is C11H10ClF2NO. The summed E-state index contributed by atoms with van der Waals surface area (Å²) in [4.78, 5) is 0. The molecule has 0 N–H and O–H groups in total. The van der Waals surface area contributed by atoms with Crippen LogP contribution in [-0.4, -0.2) is 6.61 Å². The van der Waals surface area contributed by atoms with Crippen LogP contribution in [0.15, 0.2) is 18.2 Å². The monoisotopic (exact) mass is 245 g/mol. The molecule has 0 spiro atoms. The molecule has 2 nitrogen and oxygen atoms in total. The second-order valence-corrected chi connectivity index (χ2v) is 4.19. The van der Waals surface area contributed by atoms with Crippen molar-refractivity contribution < 1.29 is 13.5 Å². The molecule has 0 fully saturated rings. The van der Waals surface area contributed by atoms with E-state index in [9.17, 15) is 8.78 Å². The zero-order chi connectivity index (χ0) is 12.3. The molecule has 0 saturated heterocycles. The highest BCUT2D eigenvalue weighted by atomic mass is 35.5. The van der Waals surface area contributed by atoms with Crippen molar-refractivity contribution in [3.8, 4) is 11.8 Å². The first-order valence-corrected chi connectivity index (χ1v) is 4.90. The van der Waals surface area contributed by atoms with Crippen LogP contribution in [0, 0.1) is 11.3 Å². The highest BCUT2D eigenvalue weighted by Crippen LogP contribution is 2.34. The maximum absolute atomic E-state index is 12.2. The maximum Gasteiger partial charge on any atom is 0.387 e. The average molecular weight is 246 g/mol. The van der Waals surface area contributed by atoms with Gasteiger partial charge >= 0.3 is 6.61 Å². The summed E-state index contributed by atoms with van der Waals surface area (Å²) in [5.74, 6) is -0.0223. The Bertz CT molecular complexity index is 426. The molecule has 5 heteroatoms. The van der Waals surface area contributed by atoms with E-state index in [4.69, 9.17) is 16.9 Å². The van der Waals surface area contributed by atoms with Gasteiger partial charge in [-0.05, 0) is 32.0 Å². The van der Waals surface area contributed by atoms with E-state index in [0.717, 1.165) is 0 Å². The van der Waals surface area contributed by atoms with Gasteiger partial charge in [0, 0.05) is 10.6 Å². The molecule has 0 amide bonds. The van der Waals surface area contributed by atoms with Crippen molar-refractivity contribution in [2.75, 3.05) is 0 Å². The normalized spacial score (nSPS) is 11.3. The molecule has 0 aliphatic rings. The Morgan fingerprint density at radius 3 is 2.56 bits per heavy atom. The standard InChI is InChI=1S/C11H10ClF2NO/c1-11(2,6-15)8-5-7(12)3-4-9(8)16-10(13)14/h3-5,10H,1-2H3. The highest BCUT2D eigenvalue weighted by Gasteiger charge is 2.25. The fourth-order valence-electron chi connectivity index (χ4n) is 1.25. The quantitative estimate of drug-likeness (QED) is 0.813. The predicted molar refractivity (Wildman–Crippen MR) is 56.7 cm³/mol. The molecule has 1 aromatic carbocycles. The largest absolute Gasteiger partial charge is 0.434 e. The summed E-state index contributed by atoms with van der Waals surface area (Å²) in [6.45, 7) is 0.294. The van der Waals surface area contributed by atoms with Crippen LogP contribution in [0.25, 0.3) is 0 Å². The van der Waals surface area contributed by atoms with E-state index in [2.05, 4.69) is 4.74 Å². The number of halogens is 3. The first-order chi connectivity index (χ1) is 7.36. The summed E-state index contributed by atoms with van der Waals surface area (Å²) >= 11 is 5.76. The number of ether oxygens (including phenoxy) is 1. The van der Waals surface area contributed by atoms with Gasteiger partial charge in [0.2, 0.25) is 0 Å². The van der Waals surface area contributed by atoms with Crippen molar-refractivity contribution >= 4 is 11.6 Å². The summed E-state index contributed by atoms with van der Waals surface area (Å²) in [6.07, 6.45) is 0. The Morgan fingerprint density at radius 2 is 2.06 bits per heavy atom. The summed E-state index contributed by atoms with van der Waals surface area (Å²) in [5, 5.41) is 9.34. The Kier molecular flexibility index (Phi) is 3.71. The summed E-state index contributed by atoms with van der Waals surface area (Å²) in [5.41, 5.74) is -0.586. The fourth-order valence-corrected chi connectivity index (χ4v) is 1.42. The van der Waals surface area contributed by atoms with E-state index in [1.165, 1.54) is 18.2 Å². The number of hydrogen-bond donors (Lipinski definition) is 0. The molecule has 0 aliphatic carbocycles. The third-order valence-electron chi connectivity index (χ3n) is 2.11. The Morgan fingerprint density at radius 1 is 1.44 bits per heavy atom. The van der Waals surface area contributed by atoms with E-state index < -0.39 is 12.0 Å². The maximum atomic E-state index is 12.2. The zero-order valence-electron chi connectivity index (χ0n) is 8.80. The van der Waals surface area contributed by atoms with E-state index in [1.54, 1.807) is 13.8 Å². The number of rotatable bonds is 3. The van der Waals surface area contributed by atoms with Gasteiger partial charge in [-0.3, -0.25) is 0 Å². The Labute approximate surface area is 97.4 Å². The lowest BCUT2D eigenvalue weighted by Crippen LogP contribution is -2.17. The van der Waals surface area contributed by atoms with Crippen molar-refractivity contribution in [3.05, 3.63) is 28.8 Å². The van der Waals surface area contributed by atoms with Crippen LogP contribution in [0.3, 0.4) is 0 Å². The molecule has 0 heterocycles. The minimum atomic E-state index is -2.92. The summed E-state index contributed by atoms with van der Waals surface area (Å²) < 4.78 is 28.7. The van der Waals surface area contributed by atoms with E-state index >= 15 is 0 Å². The topological polar surface area (TPSA) is 33.0 Å². The van der Waals surface area contributed by atoms with Crippen LogP contribution in [0.1, 0.15) is 19.4 Å². The van der Waals surface area contributed by atoms with Gasteiger partial charge in [-0.2, -0.15) is 14.0 Å². The molecular weight excluding hydrogens is 236 g/mol. The van der Waals surface area contributed by atoms with Gasteiger partial charge in [0.1, 0.15) is 5.75 Å². The molecule has 0 unspecified atom stereocenters. The van der Waals surface area contributed by atoms with Crippen molar-refractivity contribution in [1.82, 2.24) is 0 Å². The number of hydrogen-bond acceptors (Lipinski definition) is 2. The first-order valence-electron chi connectivity index (χ1n) is 4.53. The molecule has 16 heavy (non-hydrogen) atoms. The SMILES string of the molecule is CC(C)(C#N)c1cc(Cl)ccc1OC(F)F. The second-order valence-electron chi connectivity index (χ2n) is 3.76. The van der Waals surface area contributed by atoms with Crippen LogP contribution >= 0.6 is 11.6 Å². The van der Waals surface area contributed by atoms with E-state index in [-0.39, 0.29) is 5.75 Å². The number of benzene rings is 1. The zero-order valence-corrected chi connectivity index (χ0v) is 9.55. The van der Waals surface area contributed by atoms with Crippen LogP contribution in [0.5, 0.6) is 5.75 Å². The molecule has 1 rings (SSSR count). The molecule has 1 aromatic rings. The van der Waals surface area contributed by atoms with Gasteiger partial charge in [-0.25, -0.2) is 0 Å². The third-order valence-corrected chi connectivity index (χ3v) is 2.35. The Hall–Kier alpha value is -1.34. The molecule has 0 saturated carbocycles. The summed E-state index contributed by atoms with van der Waals surface area (Å²) in [6, 6.07) is 6.25. The number of nitrogens with zero attached hydrogens (tertiary/aromatic N) is 1. The minimum absolute atomic E-state index is 0.0223. The van der Waals surface area contributed by atoms with Gasteiger partial charge in [-0.15, -0.1) is 0 Å². The molecule has 0 aliphatic heterocycles. The van der Waals surface area contributed by atoms with Gasteiger partial charge < -0.3 is 4.74 Å². The van der Waals surface area contributed by atoms with Crippen molar-refractivity contribution in [2.24, 2.45) is 0 Å². The lowest BCUT2D eigenvalue weighted by molar-refractivity contribution is -0.0507. The smallest absolute Gasteiger partial charge is 0.387 e. The van der Waals surface area contributed by atoms with E-state index in [1.807, 2.05) is 6.07 Å². The second kappa shape index (κ2) is 4.67. The Balaban J connectivity index is 3.24. The van der Waals surface area contributed by atoms with Gasteiger partial charge in [0.25, 0.3) is 0 Å². The van der Waals surface area contributed by atoms with Gasteiger partial charge in [0.05, 0.1) is 11.5 Å². The van der Waals surface area contributed by atoms with Crippen molar-refractivity contribution in [3.63, 3.8) is 0 Å². The number of alkyl halides is 2. The van der Waals surface area contributed by atoms with Crippen LogP contribution in [-0.2, 0) is 5.41 Å². The molecule has 0 atom stereocenters.